The van der Waals surface area contributed by atoms with Crippen molar-refractivity contribution in [1.29, 1.82) is 0 Å². The highest BCUT2D eigenvalue weighted by molar-refractivity contribution is 9.09. The lowest BCUT2D eigenvalue weighted by molar-refractivity contribution is 1.09. The Labute approximate surface area is 100 Å². The van der Waals surface area contributed by atoms with E-state index in [-0.39, 0.29) is 0 Å². The van der Waals surface area contributed by atoms with Gasteiger partial charge >= 0.3 is 0 Å². The molecule has 84 valence electrons. The molecule has 0 aliphatic carbocycles. The average molecular weight is 279 g/mol. The van der Waals surface area contributed by atoms with E-state index in [4.69, 9.17) is 0 Å². The molecule has 0 spiro atoms. The fourth-order valence-corrected chi connectivity index (χ4v) is 0.517. The van der Waals surface area contributed by atoms with Gasteiger partial charge in [-0.2, -0.15) is 0 Å². The van der Waals surface area contributed by atoms with E-state index in [1.165, 1.54) is 19.9 Å². The molecule has 0 fully saturated rings. The van der Waals surface area contributed by atoms with E-state index in [0.29, 0.717) is 0 Å². The Hall–Kier alpha value is 0.130. The predicted molar refractivity (Wildman–Crippen MR) is 78.3 cm³/mol. The molecule has 0 unspecified atom stereocenters. The number of alkyl halides is 1. The fourth-order valence-electron chi connectivity index (χ4n) is 0.282. The first-order chi connectivity index (χ1) is 6.64. The van der Waals surface area contributed by atoms with Crippen LogP contribution in [0.5, 0.6) is 0 Å². The lowest BCUT2D eigenvalue weighted by Gasteiger charge is -1.81. The zero-order chi connectivity index (χ0) is 11.8. The Balaban J connectivity index is -0.000000168. The van der Waals surface area contributed by atoms with Crippen molar-refractivity contribution in [3.63, 3.8) is 0 Å². The molecule has 0 aliphatic heterocycles. The van der Waals surface area contributed by atoms with E-state index in [9.17, 15) is 0 Å². The fraction of sp³-hybridized carbons (Fsp3) is 0.583. The third-order valence-electron chi connectivity index (χ3n) is 0.826. The third kappa shape index (κ3) is 40.0. The van der Waals surface area contributed by atoms with E-state index in [1.807, 2.05) is 13.0 Å². The topological polar surface area (TPSA) is 0 Å². The van der Waals surface area contributed by atoms with Crippen LogP contribution in [0.4, 0.5) is 0 Å². The van der Waals surface area contributed by atoms with Crippen LogP contribution < -0.4 is 0 Å². The van der Waals surface area contributed by atoms with Crippen LogP contribution >= 0.6 is 24.1 Å². The van der Waals surface area contributed by atoms with Gasteiger partial charge < -0.3 is 0 Å². The third-order valence-corrected chi connectivity index (χ3v) is 1.68. The second-order valence-electron chi connectivity index (χ2n) is 2.43. The SMILES string of the molecule is C=C/C=C\C(C)=PC.CCBr.CCC. The van der Waals surface area contributed by atoms with Crippen LogP contribution in [0.15, 0.2) is 24.8 Å². The smallest absolute Gasteiger partial charge is 0.000281 e. The molecule has 0 bridgehead atoms. The minimum atomic E-state index is 1.06. The number of halogens is 1. The Kier molecular flexibility index (Phi) is 32.6. The van der Waals surface area contributed by atoms with Crippen molar-refractivity contribution >= 4 is 29.4 Å². The van der Waals surface area contributed by atoms with Gasteiger partial charge in [-0.1, -0.05) is 67.9 Å². The van der Waals surface area contributed by atoms with E-state index >= 15 is 0 Å². The Morgan fingerprint density at radius 2 is 1.71 bits per heavy atom. The number of rotatable bonds is 2. The van der Waals surface area contributed by atoms with Crippen molar-refractivity contribution in [3.8, 4) is 0 Å². The lowest BCUT2D eigenvalue weighted by atomic mass is 10.4. The van der Waals surface area contributed by atoms with Gasteiger partial charge in [0.15, 0.2) is 0 Å². The van der Waals surface area contributed by atoms with E-state index < -0.39 is 0 Å². The molecule has 0 saturated carbocycles. The van der Waals surface area contributed by atoms with Gasteiger partial charge in [0.2, 0.25) is 0 Å². The molecule has 0 amide bonds. The molecule has 0 atom stereocenters. The standard InChI is InChI=1S/C7H11P.C3H8.C2H5Br/c1-4-5-6-7(2)8-3;1-3-2;1-2-3/h4-6H,1H2,2-3H3;3H2,1-2H3;2H2,1H3/b6-5-;;. The van der Waals surface area contributed by atoms with Gasteiger partial charge in [-0.05, 0) is 18.9 Å². The van der Waals surface area contributed by atoms with Crippen molar-refractivity contribution in [2.45, 2.75) is 34.1 Å². The van der Waals surface area contributed by atoms with Crippen molar-refractivity contribution in [1.82, 2.24) is 0 Å². The molecule has 0 aliphatic rings. The van der Waals surface area contributed by atoms with Crippen LogP contribution in [-0.2, 0) is 0 Å². The Morgan fingerprint density at radius 1 is 1.36 bits per heavy atom. The summed E-state index contributed by atoms with van der Waals surface area (Å²) in [6, 6.07) is 0. The van der Waals surface area contributed by atoms with Crippen molar-refractivity contribution in [2.75, 3.05) is 12.0 Å². The average Bonchev–Trinajstić information content (AvgIpc) is 2.16. The molecule has 14 heavy (non-hydrogen) atoms. The Bertz CT molecular complexity index is 146. The number of hydrogen-bond donors (Lipinski definition) is 0. The molecule has 0 aromatic heterocycles. The monoisotopic (exact) mass is 278 g/mol. The van der Waals surface area contributed by atoms with E-state index in [0.717, 1.165) is 5.33 Å². The molecular formula is C12H24BrP. The van der Waals surface area contributed by atoms with E-state index in [2.05, 4.69) is 56.0 Å². The second kappa shape index (κ2) is 23.2. The second-order valence-corrected chi connectivity index (χ2v) is 4.71. The first kappa shape index (κ1) is 19.7. The Morgan fingerprint density at radius 3 is 1.93 bits per heavy atom. The summed E-state index contributed by atoms with van der Waals surface area (Å²) >= 11 is 3.15. The summed E-state index contributed by atoms with van der Waals surface area (Å²) < 4.78 is 0. The highest BCUT2D eigenvalue weighted by atomic mass is 79.9. The molecule has 0 rings (SSSR count). The zero-order valence-corrected chi connectivity index (χ0v) is 12.7. The summed E-state index contributed by atoms with van der Waals surface area (Å²) in [6.07, 6.45) is 7.05. The summed E-state index contributed by atoms with van der Waals surface area (Å²) in [5.41, 5.74) is 0. The van der Waals surface area contributed by atoms with Gasteiger partial charge in [0.05, 0.1) is 0 Å². The molecule has 0 heterocycles. The minimum absolute atomic E-state index is 1.06. The maximum Gasteiger partial charge on any atom is 0.000281 e. The van der Waals surface area contributed by atoms with Crippen molar-refractivity contribution in [3.05, 3.63) is 24.8 Å². The lowest BCUT2D eigenvalue weighted by Crippen LogP contribution is -1.73. The van der Waals surface area contributed by atoms with Crippen LogP contribution in [0.1, 0.15) is 34.1 Å². The summed E-state index contributed by atoms with van der Waals surface area (Å²) in [5, 5.41) is 2.43. The molecule has 0 N–H and O–H groups in total. The maximum atomic E-state index is 3.56. The number of hydrogen-bond acceptors (Lipinski definition) is 0. The summed E-state index contributed by atoms with van der Waals surface area (Å²) in [7, 11) is 1.34. The molecule has 0 nitrogen and oxygen atoms in total. The molecule has 0 aromatic carbocycles. The normalized spacial score (nSPS) is 9.71. The van der Waals surface area contributed by atoms with Crippen LogP contribution in [0.25, 0.3) is 0 Å². The van der Waals surface area contributed by atoms with Gasteiger partial charge in [-0.3, -0.25) is 0 Å². The molecule has 0 radical (unpaired) electrons. The first-order valence-electron chi connectivity index (χ1n) is 4.92. The minimum Gasteiger partial charge on any atom is -0.105 e. The van der Waals surface area contributed by atoms with Crippen molar-refractivity contribution in [2.24, 2.45) is 0 Å². The van der Waals surface area contributed by atoms with Gasteiger partial charge in [-0.25, -0.2) is 0 Å². The van der Waals surface area contributed by atoms with Crippen LogP contribution in [-0.4, -0.2) is 17.3 Å². The maximum absolute atomic E-state index is 3.56. The predicted octanol–water partition coefficient (Wildman–Crippen LogP) is 5.31. The largest absolute Gasteiger partial charge is 0.105 e. The first-order valence-corrected chi connectivity index (χ1v) is 7.39. The van der Waals surface area contributed by atoms with E-state index in [1.54, 1.807) is 6.08 Å². The highest BCUT2D eigenvalue weighted by Gasteiger charge is 1.71. The summed E-state index contributed by atoms with van der Waals surface area (Å²) in [5.74, 6) is 0. The van der Waals surface area contributed by atoms with Gasteiger partial charge in [0.25, 0.3) is 0 Å². The van der Waals surface area contributed by atoms with Gasteiger partial charge in [0.1, 0.15) is 0 Å². The van der Waals surface area contributed by atoms with Gasteiger partial charge in [0, 0.05) is 5.33 Å². The quantitative estimate of drug-likeness (QED) is 0.365. The zero-order valence-electron chi connectivity index (χ0n) is 10.2. The molecule has 0 saturated heterocycles. The summed E-state index contributed by atoms with van der Waals surface area (Å²) in [4.78, 5) is 0. The van der Waals surface area contributed by atoms with Gasteiger partial charge in [-0.15, -0.1) is 8.20 Å². The van der Waals surface area contributed by atoms with Crippen LogP contribution in [0.3, 0.4) is 0 Å². The van der Waals surface area contributed by atoms with Crippen molar-refractivity contribution < 1.29 is 0 Å². The van der Waals surface area contributed by atoms with Crippen LogP contribution in [0, 0.1) is 0 Å². The number of allylic oxidation sites excluding steroid dienone is 3. The molecule has 0 aromatic rings. The summed E-state index contributed by atoms with van der Waals surface area (Å²) in [6.45, 7) is 14.1. The molecule has 2 heteroatoms. The molecular weight excluding hydrogens is 255 g/mol. The van der Waals surface area contributed by atoms with Crippen LogP contribution in [0.2, 0.25) is 0 Å². The highest BCUT2D eigenvalue weighted by Crippen LogP contribution is 1.92.